The van der Waals surface area contributed by atoms with Gasteiger partial charge in [-0.2, -0.15) is 5.26 Å². The maximum absolute atomic E-state index is 11.4. The summed E-state index contributed by atoms with van der Waals surface area (Å²) in [7, 11) is -1.54. The molecule has 1 unspecified atom stereocenters. The molecule has 1 fully saturated rings. The Morgan fingerprint density at radius 1 is 0.717 bits per heavy atom. The van der Waals surface area contributed by atoms with E-state index in [0.29, 0.717) is 13.2 Å². The highest BCUT2D eigenvalue weighted by molar-refractivity contribution is 7.44. The van der Waals surface area contributed by atoms with E-state index in [1.807, 2.05) is 91.0 Å². The molecule has 46 heavy (non-hydrogen) atoms. The van der Waals surface area contributed by atoms with Crippen molar-refractivity contribution in [3.63, 3.8) is 0 Å². The van der Waals surface area contributed by atoms with Crippen LogP contribution in [0.4, 0.5) is 0 Å². The molecule has 1 aliphatic heterocycles. The molecule has 0 saturated carbocycles. The van der Waals surface area contributed by atoms with Crippen molar-refractivity contribution < 1.29 is 33.1 Å². The normalized spacial score (nSPS) is 22.3. The van der Waals surface area contributed by atoms with E-state index in [9.17, 15) is 5.11 Å². The van der Waals surface area contributed by atoms with Gasteiger partial charge in [0.05, 0.1) is 45.5 Å². The van der Waals surface area contributed by atoms with Crippen LogP contribution in [0, 0.1) is 11.3 Å². The first kappa shape index (κ1) is 36.1. The maximum atomic E-state index is 11.4. The molecule has 0 aliphatic carbocycles. The number of nitriles is 1. The third-order valence-corrected chi connectivity index (χ3v) is 9.55. The van der Waals surface area contributed by atoms with Gasteiger partial charge in [-0.25, -0.2) is 4.67 Å². The molecule has 6 atom stereocenters. The summed E-state index contributed by atoms with van der Waals surface area (Å²) < 4.78 is 40.5. The van der Waals surface area contributed by atoms with Crippen LogP contribution < -0.4 is 0 Å². The molecule has 1 saturated heterocycles. The number of hydrogen-bond acceptors (Lipinski definition) is 9. The fourth-order valence-electron chi connectivity index (χ4n) is 5.35. The first-order valence-electron chi connectivity index (χ1n) is 15.9. The zero-order chi connectivity index (χ0) is 32.7. The Kier molecular flexibility index (Phi) is 15.0. The summed E-state index contributed by atoms with van der Waals surface area (Å²) in [6, 6.07) is 32.0. The molecule has 1 aliphatic rings. The van der Waals surface area contributed by atoms with E-state index in [2.05, 4.69) is 38.4 Å². The molecule has 1 heterocycles. The summed E-state index contributed by atoms with van der Waals surface area (Å²) in [5.74, 6) is 0. The lowest BCUT2D eigenvalue weighted by molar-refractivity contribution is -0.314. The minimum atomic E-state index is -1.54. The smallest absolute Gasteiger partial charge is 0.259 e. The van der Waals surface area contributed by atoms with E-state index in [-0.39, 0.29) is 38.3 Å². The highest BCUT2D eigenvalue weighted by Crippen LogP contribution is 2.46. The number of nitrogens with zero attached hydrogens (tertiary/aromatic N) is 2. The van der Waals surface area contributed by atoms with Gasteiger partial charge in [0.25, 0.3) is 8.53 Å². The van der Waals surface area contributed by atoms with E-state index in [0.717, 1.165) is 16.7 Å². The van der Waals surface area contributed by atoms with Crippen molar-refractivity contribution in [2.75, 3.05) is 13.2 Å². The van der Waals surface area contributed by atoms with E-state index in [4.69, 9.17) is 33.3 Å². The summed E-state index contributed by atoms with van der Waals surface area (Å²) in [5.41, 5.74) is 2.94. The van der Waals surface area contributed by atoms with Crippen molar-refractivity contribution in [1.82, 2.24) is 4.67 Å². The average molecular weight is 651 g/mol. The second-order valence-electron chi connectivity index (χ2n) is 11.7. The van der Waals surface area contributed by atoms with Crippen molar-refractivity contribution in [2.24, 2.45) is 0 Å². The molecule has 0 radical (unpaired) electrons. The third kappa shape index (κ3) is 10.9. The molecule has 3 aromatic rings. The van der Waals surface area contributed by atoms with Crippen LogP contribution in [0.3, 0.4) is 0 Å². The molecule has 3 aromatic carbocycles. The molecular weight excluding hydrogens is 603 g/mol. The molecule has 0 bridgehead atoms. The minimum absolute atomic E-state index is 0.0707. The van der Waals surface area contributed by atoms with Crippen molar-refractivity contribution in [3.05, 3.63) is 108 Å². The van der Waals surface area contributed by atoms with Gasteiger partial charge in [0.2, 0.25) is 0 Å². The Bertz CT molecular complexity index is 1290. The summed E-state index contributed by atoms with van der Waals surface area (Å²) in [5, 5.41) is 20.5. The second-order valence-corrected chi connectivity index (χ2v) is 13.1. The molecule has 9 nitrogen and oxygen atoms in total. The van der Waals surface area contributed by atoms with E-state index < -0.39 is 39.2 Å². The van der Waals surface area contributed by atoms with Gasteiger partial charge in [-0.05, 0) is 44.4 Å². The van der Waals surface area contributed by atoms with Crippen molar-refractivity contribution >= 4 is 8.53 Å². The molecule has 248 valence electrons. The van der Waals surface area contributed by atoms with Gasteiger partial charge in [-0.1, -0.05) is 91.0 Å². The molecule has 0 aromatic heterocycles. The van der Waals surface area contributed by atoms with E-state index >= 15 is 0 Å². The van der Waals surface area contributed by atoms with Gasteiger partial charge in [-0.15, -0.1) is 0 Å². The highest BCUT2D eigenvalue weighted by Gasteiger charge is 2.48. The predicted molar refractivity (Wildman–Crippen MR) is 177 cm³/mol. The van der Waals surface area contributed by atoms with Gasteiger partial charge in [0.1, 0.15) is 24.4 Å². The molecular formula is C36H47N2O7P. The van der Waals surface area contributed by atoms with Crippen LogP contribution in [0.25, 0.3) is 0 Å². The van der Waals surface area contributed by atoms with Gasteiger partial charge in [0.15, 0.2) is 6.29 Å². The van der Waals surface area contributed by atoms with Gasteiger partial charge >= 0.3 is 0 Å². The summed E-state index contributed by atoms with van der Waals surface area (Å²) in [6.45, 7) is 9.51. The van der Waals surface area contributed by atoms with Crippen LogP contribution in [0.5, 0.6) is 0 Å². The third-order valence-electron chi connectivity index (χ3n) is 7.48. The summed E-state index contributed by atoms with van der Waals surface area (Å²) in [4.78, 5) is 0. The topological polar surface area (TPSA) is 103 Å². The van der Waals surface area contributed by atoms with Gasteiger partial charge in [0, 0.05) is 12.1 Å². The molecule has 10 heteroatoms. The van der Waals surface area contributed by atoms with Crippen LogP contribution in [-0.4, -0.2) is 65.8 Å². The summed E-state index contributed by atoms with van der Waals surface area (Å²) >= 11 is 0. The lowest BCUT2D eigenvalue weighted by Gasteiger charge is -2.45. The first-order chi connectivity index (χ1) is 22.4. The quantitative estimate of drug-likeness (QED) is 0.118. The fraction of sp³-hybridized carbons (Fsp3) is 0.472. The first-order valence-corrected chi connectivity index (χ1v) is 17.0. The Morgan fingerprint density at radius 2 is 1.17 bits per heavy atom. The Hall–Kier alpha value is -2.74. The van der Waals surface area contributed by atoms with Crippen molar-refractivity contribution in [3.8, 4) is 6.07 Å². The van der Waals surface area contributed by atoms with Crippen LogP contribution >= 0.6 is 8.53 Å². The maximum Gasteiger partial charge on any atom is 0.259 e. The molecule has 1 N–H and O–H groups in total. The SMILES string of the molecule is CC(C)N(C(C)C)P(OCCC#N)OC[C@H]1O[C@@H](O)[C@H](OCc2ccccc2)[C@@H](OCc2ccccc2)[C@@H]1OCc1ccccc1. The zero-order valence-corrected chi connectivity index (χ0v) is 28.1. The summed E-state index contributed by atoms with van der Waals surface area (Å²) in [6.07, 6.45) is -3.94. The lowest BCUT2D eigenvalue weighted by Crippen LogP contribution is -2.61. The standard InChI is InChI=1S/C36H47N2O7P/c1-27(2)38(28(3)4)46(43-22-14-21-37)44-26-32-33(40-23-29-15-8-5-9-16-29)34(41-24-30-17-10-6-11-18-30)35(36(39)45-32)42-25-31-19-12-7-13-20-31/h5-13,15-20,27-28,32-36,39H,14,22-26H2,1-4H3/t32-,33-,34+,35-,36-,46?/m1/s1. The minimum Gasteiger partial charge on any atom is -0.368 e. The number of aliphatic hydroxyl groups is 1. The van der Waals surface area contributed by atoms with Crippen molar-refractivity contribution in [2.45, 2.75) is 96.7 Å². The number of aliphatic hydroxyl groups excluding tert-OH is 1. The highest BCUT2D eigenvalue weighted by atomic mass is 31.2. The molecule has 0 amide bonds. The number of benzene rings is 3. The van der Waals surface area contributed by atoms with Crippen molar-refractivity contribution in [1.29, 1.82) is 5.26 Å². The number of ether oxygens (including phenoxy) is 4. The van der Waals surface area contributed by atoms with E-state index in [1.165, 1.54) is 0 Å². The Balaban J connectivity index is 1.61. The Morgan fingerprint density at radius 3 is 1.63 bits per heavy atom. The fourth-order valence-corrected chi connectivity index (χ4v) is 6.97. The number of hydrogen-bond donors (Lipinski definition) is 1. The average Bonchev–Trinajstić information content (AvgIpc) is 3.06. The van der Waals surface area contributed by atoms with Gasteiger partial charge in [-0.3, -0.25) is 0 Å². The zero-order valence-electron chi connectivity index (χ0n) is 27.2. The molecule has 0 spiro atoms. The Labute approximate surface area is 274 Å². The monoisotopic (exact) mass is 650 g/mol. The van der Waals surface area contributed by atoms with E-state index in [1.54, 1.807) is 0 Å². The van der Waals surface area contributed by atoms with Crippen LogP contribution in [0.2, 0.25) is 0 Å². The van der Waals surface area contributed by atoms with Crippen LogP contribution in [0.1, 0.15) is 50.8 Å². The predicted octanol–water partition coefficient (Wildman–Crippen LogP) is 6.75. The molecule has 4 rings (SSSR count). The number of rotatable bonds is 18. The van der Waals surface area contributed by atoms with Gasteiger partial charge < -0.3 is 33.1 Å². The lowest BCUT2D eigenvalue weighted by atomic mass is 9.98. The second kappa shape index (κ2) is 19.2. The largest absolute Gasteiger partial charge is 0.368 e. The van der Waals surface area contributed by atoms with Crippen LogP contribution in [0.15, 0.2) is 91.0 Å². The van der Waals surface area contributed by atoms with Crippen LogP contribution in [-0.2, 0) is 47.8 Å².